The van der Waals surface area contributed by atoms with Crippen molar-refractivity contribution >= 4 is 33.9 Å². The standard InChI is InChI=1S/C23H17N5O/c24-22(29)5-4-14-2-1-3-15(8-14)16-9-18-20(12-28-23(18)27-10-16)19-11-25-13-21-17(19)6-7-26-21/h1-13,26H,(H2,24,29)(H,27,28). The largest absolute Gasteiger partial charge is 0.366 e. The molecule has 29 heavy (non-hydrogen) atoms. The molecule has 0 spiro atoms. The lowest BCUT2D eigenvalue weighted by Gasteiger charge is -2.05. The Kier molecular flexibility index (Phi) is 3.95. The van der Waals surface area contributed by atoms with Gasteiger partial charge in [-0.15, -0.1) is 0 Å². The van der Waals surface area contributed by atoms with E-state index in [2.05, 4.69) is 32.1 Å². The highest BCUT2D eigenvalue weighted by Crippen LogP contribution is 2.34. The Hall–Kier alpha value is -4.19. The van der Waals surface area contributed by atoms with E-state index in [1.807, 2.05) is 55.2 Å². The molecule has 0 saturated carbocycles. The number of rotatable bonds is 4. The molecule has 0 unspecified atom stereocenters. The third-order valence-corrected chi connectivity index (χ3v) is 4.96. The number of hydrogen-bond acceptors (Lipinski definition) is 3. The van der Waals surface area contributed by atoms with E-state index in [-0.39, 0.29) is 0 Å². The van der Waals surface area contributed by atoms with Crippen molar-refractivity contribution < 1.29 is 4.79 Å². The van der Waals surface area contributed by atoms with Gasteiger partial charge in [-0.2, -0.15) is 0 Å². The maximum Gasteiger partial charge on any atom is 0.241 e. The molecule has 6 heteroatoms. The number of pyridine rings is 2. The molecule has 0 aliphatic heterocycles. The molecule has 1 aromatic carbocycles. The molecule has 0 aliphatic rings. The fourth-order valence-corrected chi connectivity index (χ4v) is 3.58. The van der Waals surface area contributed by atoms with Crippen LogP contribution in [0.2, 0.25) is 0 Å². The molecule has 0 atom stereocenters. The van der Waals surface area contributed by atoms with Gasteiger partial charge in [-0.3, -0.25) is 9.78 Å². The summed E-state index contributed by atoms with van der Waals surface area (Å²) in [4.78, 5) is 26.4. The van der Waals surface area contributed by atoms with Crippen LogP contribution in [-0.4, -0.2) is 25.8 Å². The zero-order chi connectivity index (χ0) is 19.8. The van der Waals surface area contributed by atoms with Gasteiger partial charge in [0.1, 0.15) is 5.65 Å². The van der Waals surface area contributed by atoms with Crippen LogP contribution in [0.25, 0.3) is 50.3 Å². The Morgan fingerprint density at radius 2 is 1.90 bits per heavy atom. The van der Waals surface area contributed by atoms with Crippen LogP contribution in [0.15, 0.2) is 73.5 Å². The van der Waals surface area contributed by atoms with Gasteiger partial charge in [0, 0.05) is 58.3 Å². The predicted octanol–water partition coefficient (Wildman–Crippen LogP) is 4.27. The fraction of sp³-hybridized carbons (Fsp3) is 0. The summed E-state index contributed by atoms with van der Waals surface area (Å²) in [5.41, 5.74) is 12.0. The highest BCUT2D eigenvalue weighted by Gasteiger charge is 2.12. The van der Waals surface area contributed by atoms with Gasteiger partial charge in [-0.1, -0.05) is 18.2 Å². The Morgan fingerprint density at radius 3 is 2.79 bits per heavy atom. The number of carbonyl (C=O) groups excluding carboxylic acids is 1. The van der Waals surface area contributed by atoms with Gasteiger partial charge < -0.3 is 15.7 Å². The van der Waals surface area contributed by atoms with E-state index in [1.54, 1.807) is 6.08 Å². The fourth-order valence-electron chi connectivity index (χ4n) is 3.58. The SMILES string of the molecule is NC(=O)C=Cc1cccc(-c2cnc3[nH]cc(-c4cncc5[nH]ccc45)c3c2)c1. The lowest BCUT2D eigenvalue weighted by atomic mass is 10.0. The summed E-state index contributed by atoms with van der Waals surface area (Å²) in [5, 5.41) is 2.14. The number of nitrogens with zero attached hydrogens (tertiary/aromatic N) is 2. The Bertz CT molecular complexity index is 1390. The molecule has 5 rings (SSSR count). The van der Waals surface area contributed by atoms with Gasteiger partial charge in [0.05, 0.1) is 11.7 Å². The molecule has 0 fully saturated rings. The second-order valence-electron chi connectivity index (χ2n) is 6.81. The summed E-state index contributed by atoms with van der Waals surface area (Å²) in [5.74, 6) is -0.469. The number of carbonyl (C=O) groups is 1. The average Bonchev–Trinajstić information content (AvgIpc) is 3.38. The average molecular weight is 379 g/mol. The van der Waals surface area contributed by atoms with E-state index in [0.717, 1.165) is 49.8 Å². The highest BCUT2D eigenvalue weighted by atomic mass is 16.1. The molecule has 4 heterocycles. The van der Waals surface area contributed by atoms with Crippen LogP contribution in [0, 0.1) is 0 Å². The third-order valence-electron chi connectivity index (χ3n) is 4.96. The number of aromatic nitrogens is 4. The molecule has 5 aromatic rings. The monoisotopic (exact) mass is 379 g/mol. The number of aromatic amines is 2. The van der Waals surface area contributed by atoms with E-state index in [1.165, 1.54) is 6.08 Å². The van der Waals surface area contributed by atoms with Crippen molar-refractivity contribution in [3.05, 3.63) is 79.0 Å². The van der Waals surface area contributed by atoms with E-state index >= 15 is 0 Å². The minimum atomic E-state index is -0.469. The number of amides is 1. The van der Waals surface area contributed by atoms with E-state index in [4.69, 9.17) is 5.73 Å². The molecule has 0 saturated heterocycles. The van der Waals surface area contributed by atoms with Crippen molar-refractivity contribution in [1.82, 2.24) is 19.9 Å². The quantitative estimate of drug-likeness (QED) is 0.406. The van der Waals surface area contributed by atoms with Gasteiger partial charge >= 0.3 is 0 Å². The van der Waals surface area contributed by atoms with Crippen molar-refractivity contribution in [2.45, 2.75) is 0 Å². The molecule has 1 amide bonds. The van der Waals surface area contributed by atoms with Gasteiger partial charge in [0.2, 0.25) is 5.91 Å². The van der Waals surface area contributed by atoms with E-state index < -0.39 is 5.91 Å². The minimum absolute atomic E-state index is 0.469. The van der Waals surface area contributed by atoms with Crippen LogP contribution in [0.5, 0.6) is 0 Å². The summed E-state index contributed by atoms with van der Waals surface area (Å²) >= 11 is 0. The number of primary amides is 1. The molecular weight excluding hydrogens is 362 g/mol. The Morgan fingerprint density at radius 1 is 0.966 bits per heavy atom. The van der Waals surface area contributed by atoms with Crippen LogP contribution in [-0.2, 0) is 4.79 Å². The molecule has 6 nitrogen and oxygen atoms in total. The van der Waals surface area contributed by atoms with Crippen LogP contribution < -0.4 is 5.73 Å². The summed E-state index contributed by atoms with van der Waals surface area (Å²) in [6.07, 6.45) is 12.5. The number of hydrogen-bond donors (Lipinski definition) is 3. The van der Waals surface area contributed by atoms with Gasteiger partial charge in [-0.25, -0.2) is 4.98 Å². The van der Waals surface area contributed by atoms with Crippen LogP contribution in [0.4, 0.5) is 0 Å². The number of H-pyrrole nitrogens is 2. The molecule has 140 valence electrons. The summed E-state index contributed by atoms with van der Waals surface area (Å²) < 4.78 is 0. The first-order valence-electron chi connectivity index (χ1n) is 9.15. The summed E-state index contributed by atoms with van der Waals surface area (Å²) in [7, 11) is 0. The van der Waals surface area contributed by atoms with E-state index in [0.29, 0.717) is 0 Å². The van der Waals surface area contributed by atoms with Crippen molar-refractivity contribution in [2.24, 2.45) is 5.73 Å². The van der Waals surface area contributed by atoms with Gasteiger partial charge in [0.15, 0.2) is 0 Å². The smallest absolute Gasteiger partial charge is 0.241 e. The summed E-state index contributed by atoms with van der Waals surface area (Å²) in [6, 6.07) is 12.1. The van der Waals surface area contributed by atoms with Crippen LogP contribution >= 0.6 is 0 Å². The van der Waals surface area contributed by atoms with Gasteiger partial charge in [-0.05, 0) is 35.4 Å². The second-order valence-corrected chi connectivity index (χ2v) is 6.81. The van der Waals surface area contributed by atoms with Crippen molar-refractivity contribution in [3.63, 3.8) is 0 Å². The first kappa shape index (κ1) is 16.9. The Labute approximate surface area is 166 Å². The molecule has 4 N–H and O–H groups in total. The second kappa shape index (κ2) is 6.76. The first-order valence-corrected chi connectivity index (χ1v) is 9.15. The molecule has 0 radical (unpaired) electrons. The first-order chi connectivity index (χ1) is 14.2. The predicted molar refractivity (Wildman–Crippen MR) is 115 cm³/mol. The maximum atomic E-state index is 11.0. The highest BCUT2D eigenvalue weighted by molar-refractivity contribution is 6.04. The zero-order valence-electron chi connectivity index (χ0n) is 15.4. The Balaban J connectivity index is 1.63. The lowest BCUT2D eigenvalue weighted by molar-refractivity contribution is -0.113. The van der Waals surface area contributed by atoms with Crippen LogP contribution in [0.3, 0.4) is 0 Å². The van der Waals surface area contributed by atoms with Crippen molar-refractivity contribution in [1.29, 1.82) is 0 Å². The van der Waals surface area contributed by atoms with Gasteiger partial charge in [0.25, 0.3) is 0 Å². The number of fused-ring (bicyclic) bond motifs is 2. The molecule has 0 bridgehead atoms. The molecule has 0 aliphatic carbocycles. The van der Waals surface area contributed by atoms with E-state index in [9.17, 15) is 4.79 Å². The maximum absolute atomic E-state index is 11.0. The van der Waals surface area contributed by atoms with Crippen LogP contribution in [0.1, 0.15) is 5.56 Å². The normalized spacial score (nSPS) is 11.6. The topological polar surface area (TPSA) is 100 Å². The third kappa shape index (κ3) is 3.06. The lowest BCUT2D eigenvalue weighted by Crippen LogP contribution is -2.05. The number of benzene rings is 1. The molecule has 4 aromatic heterocycles. The zero-order valence-corrected chi connectivity index (χ0v) is 15.4. The minimum Gasteiger partial charge on any atom is -0.366 e. The molecular formula is C23H17N5O. The number of nitrogens with two attached hydrogens (primary N) is 1. The number of nitrogens with one attached hydrogen (secondary N) is 2. The van der Waals surface area contributed by atoms with Crippen molar-refractivity contribution in [2.75, 3.05) is 0 Å². The summed E-state index contributed by atoms with van der Waals surface area (Å²) in [6.45, 7) is 0. The van der Waals surface area contributed by atoms with Crippen molar-refractivity contribution in [3.8, 4) is 22.3 Å².